The van der Waals surface area contributed by atoms with E-state index in [0.717, 1.165) is 24.3 Å². The maximum Gasteiger partial charge on any atom is 0.255 e. The second-order valence-corrected chi connectivity index (χ2v) is 9.30. The van der Waals surface area contributed by atoms with Crippen molar-refractivity contribution in [2.45, 2.75) is 20.5 Å². The van der Waals surface area contributed by atoms with E-state index in [-0.39, 0.29) is 17.7 Å². The summed E-state index contributed by atoms with van der Waals surface area (Å²) >= 11 is 6.57. The molecular formula is C28H30ClN3O3. The molecule has 1 heterocycles. The number of nitrogens with zero attached hydrogens (tertiary/aromatic N) is 2. The van der Waals surface area contributed by atoms with Crippen molar-refractivity contribution in [3.8, 4) is 5.75 Å². The van der Waals surface area contributed by atoms with Crippen molar-refractivity contribution in [2.24, 2.45) is 5.92 Å². The zero-order chi connectivity index (χ0) is 24.8. The zero-order valence-corrected chi connectivity index (χ0v) is 20.8. The second-order valence-electron chi connectivity index (χ2n) is 8.89. The summed E-state index contributed by atoms with van der Waals surface area (Å²) < 4.78 is 5.84. The van der Waals surface area contributed by atoms with Crippen LogP contribution in [0.2, 0.25) is 5.02 Å². The number of carbonyl (C=O) groups excluding carboxylic acids is 2. The number of amides is 2. The van der Waals surface area contributed by atoms with Crippen LogP contribution in [-0.2, 0) is 11.4 Å². The van der Waals surface area contributed by atoms with Gasteiger partial charge in [-0.25, -0.2) is 0 Å². The molecule has 0 aromatic heterocycles. The maximum absolute atomic E-state index is 12.8. The molecule has 1 saturated heterocycles. The number of piperazine rings is 1. The van der Waals surface area contributed by atoms with E-state index in [1.54, 1.807) is 24.3 Å². The molecule has 6 nitrogen and oxygen atoms in total. The quantitative estimate of drug-likeness (QED) is 0.475. The van der Waals surface area contributed by atoms with Gasteiger partial charge in [-0.05, 0) is 42.0 Å². The van der Waals surface area contributed by atoms with Crippen molar-refractivity contribution < 1.29 is 14.3 Å². The van der Waals surface area contributed by atoms with Gasteiger partial charge in [0.25, 0.3) is 5.91 Å². The molecule has 7 heteroatoms. The molecule has 0 radical (unpaired) electrons. The van der Waals surface area contributed by atoms with Gasteiger partial charge in [-0.1, -0.05) is 61.8 Å². The third kappa shape index (κ3) is 6.34. The number of hydrogen-bond acceptors (Lipinski definition) is 4. The monoisotopic (exact) mass is 491 g/mol. The van der Waals surface area contributed by atoms with E-state index in [1.807, 2.05) is 67.3 Å². The maximum atomic E-state index is 12.8. The van der Waals surface area contributed by atoms with Crippen molar-refractivity contribution in [1.29, 1.82) is 0 Å². The van der Waals surface area contributed by atoms with E-state index in [2.05, 4.69) is 10.2 Å². The van der Waals surface area contributed by atoms with Gasteiger partial charge in [0.15, 0.2) is 0 Å². The van der Waals surface area contributed by atoms with Crippen molar-refractivity contribution in [1.82, 2.24) is 4.90 Å². The molecule has 4 rings (SSSR count). The lowest BCUT2D eigenvalue weighted by Crippen LogP contribution is -2.50. The lowest BCUT2D eigenvalue weighted by atomic mass is 10.1. The van der Waals surface area contributed by atoms with Gasteiger partial charge in [0.05, 0.1) is 10.7 Å². The Kier molecular flexibility index (Phi) is 7.93. The number of hydrogen-bond donors (Lipinski definition) is 1. The fourth-order valence-electron chi connectivity index (χ4n) is 4.05. The average Bonchev–Trinajstić information content (AvgIpc) is 2.88. The molecule has 0 unspecified atom stereocenters. The standard InChI is InChI=1S/C28H30ClN3O3/c1-20(2)28(34)32-15-13-31(14-16-32)26-12-11-23(18-25(26)29)30-27(33)22-9-6-10-24(17-22)35-19-21-7-4-3-5-8-21/h3-12,17-18,20H,13-16,19H2,1-2H3,(H,30,33). The summed E-state index contributed by atoms with van der Waals surface area (Å²) in [5.74, 6) is 0.581. The second kappa shape index (κ2) is 11.3. The van der Waals surface area contributed by atoms with Gasteiger partial charge in [0, 0.05) is 43.3 Å². The van der Waals surface area contributed by atoms with Crippen LogP contribution in [0.4, 0.5) is 11.4 Å². The summed E-state index contributed by atoms with van der Waals surface area (Å²) in [6.45, 7) is 7.07. The Morgan fingerprint density at radius 2 is 1.69 bits per heavy atom. The third-order valence-corrected chi connectivity index (χ3v) is 6.28. The van der Waals surface area contributed by atoms with E-state index >= 15 is 0 Å². The third-order valence-electron chi connectivity index (χ3n) is 5.98. The molecule has 3 aromatic carbocycles. The van der Waals surface area contributed by atoms with Gasteiger partial charge in [-0.3, -0.25) is 9.59 Å². The number of anilines is 2. The molecule has 2 amide bonds. The Bertz CT molecular complexity index is 1180. The lowest BCUT2D eigenvalue weighted by Gasteiger charge is -2.37. The Hall–Kier alpha value is -3.51. The predicted octanol–water partition coefficient (Wildman–Crippen LogP) is 5.48. The predicted molar refractivity (Wildman–Crippen MR) is 140 cm³/mol. The van der Waals surface area contributed by atoms with Crippen LogP contribution in [0.3, 0.4) is 0 Å². The Morgan fingerprint density at radius 1 is 0.943 bits per heavy atom. The fourth-order valence-corrected chi connectivity index (χ4v) is 4.35. The van der Waals surface area contributed by atoms with Crippen LogP contribution in [0.25, 0.3) is 0 Å². The van der Waals surface area contributed by atoms with Gasteiger partial charge in [-0.2, -0.15) is 0 Å². The van der Waals surface area contributed by atoms with Crippen LogP contribution in [0.15, 0.2) is 72.8 Å². The summed E-state index contributed by atoms with van der Waals surface area (Å²) in [5.41, 5.74) is 3.08. The van der Waals surface area contributed by atoms with Crippen LogP contribution in [0, 0.1) is 5.92 Å². The average molecular weight is 492 g/mol. The normalized spacial score (nSPS) is 13.6. The number of carbonyl (C=O) groups is 2. The molecule has 0 atom stereocenters. The molecule has 1 aliphatic heterocycles. The number of halogens is 1. The highest BCUT2D eigenvalue weighted by atomic mass is 35.5. The summed E-state index contributed by atoms with van der Waals surface area (Å²) in [6.07, 6.45) is 0. The summed E-state index contributed by atoms with van der Waals surface area (Å²) in [7, 11) is 0. The van der Waals surface area contributed by atoms with Crippen molar-refractivity contribution in [2.75, 3.05) is 36.4 Å². The molecule has 182 valence electrons. The van der Waals surface area contributed by atoms with Gasteiger partial charge >= 0.3 is 0 Å². The van der Waals surface area contributed by atoms with Crippen LogP contribution in [-0.4, -0.2) is 42.9 Å². The van der Waals surface area contributed by atoms with Gasteiger partial charge in [0.1, 0.15) is 12.4 Å². The topological polar surface area (TPSA) is 61.9 Å². The summed E-state index contributed by atoms with van der Waals surface area (Å²) in [5, 5.41) is 3.48. The molecule has 1 aliphatic rings. The highest BCUT2D eigenvalue weighted by molar-refractivity contribution is 6.33. The Balaban J connectivity index is 1.35. The molecule has 0 aliphatic carbocycles. The first kappa shape index (κ1) is 24.6. The smallest absolute Gasteiger partial charge is 0.255 e. The van der Waals surface area contributed by atoms with E-state index in [4.69, 9.17) is 16.3 Å². The number of nitrogens with one attached hydrogen (secondary N) is 1. The lowest BCUT2D eigenvalue weighted by molar-refractivity contribution is -0.134. The number of ether oxygens (including phenoxy) is 1. The minimum Gasteiger partial charge on any atom is -0.489 e. The first-order chi connectivity index (χ1) is 16.9. The Morgan fingerprint density at radius 3 is 2.37 bits per heavy atom. The van der Waals surface area contributed by atoms with Crippen LogP contribution in [0.5, 0.6) is 5.75 Å². The van der Waals surface area contributed by atoms with E-state index < -0.39 is 0 Å². The molecule has 1 N–H and O–H groups in total. The molecule has 0 spiro atoms. The van der Waals surface area contributed by atoms with Crippen LogP contribution in [0.1, 0.15) is 29.8 Å². The van der Waals surface area contributed by atoms with Gasteiger partial charge in [0.2, 0.25) is 5.91 Å². The zero-order valence-electron chi connectivity index (χ0n) is 20.0. The van der Waals surface area contributed by atoms with Crippen molar-refractivity contribution >= 4 is 34.8 Å². The highest BCUT2D eigenvalue weighted by Crippen LogP contribution is 2.30. The van der Waals surface area contributed by atoms with Gasteiger partial charge < -0.3 is 19.9 Å². The molecule has 35 heavy (non-hydrogen) atoms. The summed E-state index contributed by atoms with van der Waals surface area (Å²) in [4.78, 5) is 29.1. The van der Waals surface area contributed by atoms with E-state index in [9.17, 15) is 9.59 Å². The minimum atomic E-state index is -0.236. The first-order valence-corrected chi connectivity index (χ1v) is 12.2. The number of rotatable bonds is 7. The fraction of sp³-hybridized carbons (Fsp3) is 0.286. The molecular weight excluding hydrogens is 462 g/mol. The molecule has 3 aromatic rings. The van der Waals surface area contributed by atoms with Crippen molar-refractivity contribution in [3.05, 3.63) is 88.9 Å². The SMILES string of the molecule is CC(C)C(=O)N1CCN(c2ccc(NC(=O)c3cccc(OCc4ccccc4)c3)cc2Cl)CC1. The minimum absolute atomic E-state index is 0.00384. The molecule has 0 bridgehead atoms. The summed E-state index contributed by atoms with van der Waals surface area (Å²) in [6, 6.07) is 22.5. The first-order valence-electron chi connectivity index (χ1n) is 11.8. The van der Waals surface area contributed by atoms with Gasteiger partial charge in [-0.15, -0.1) is 0 Å². The number of benzene rings is 3. The van der Waals surface area contributed by atoms with E-state index in [0.29, 0.717) is 41.7 Å². The Labute approximate surface area is 211 Å². The van der Waals surface area contributed by atoms with Crippen LogP contribution >= 0.6 is 11.6 Å². The van der Waals surface area contributed by atoms with Crippen LogP contribution < -0.4 is 15.0 Å². The molecule has 0 saturated carbocycles. The highest BCUT2D eigenvalue weighted by Gasteiger charge is 2.24. The largest absolute Gasteiger partial charge is 0.489 e. The van der Waals surface area contributed by atoms with E-state index in [1.165, 1.54) is 0 Å². The van der Waals surface area contributed by atoms with Crippen molar-refractivity contribution in [3.63, 3.8) is 0 Å². The molecule has 1 fully saturated rings.